The molecule has 0 aliphatic rings. The van der Waals surface area contributed by atoms with Gasteiger partial charge in [0.2, 0.25) is 0 Å². The second-order valence-electron chi connectivity index (χ2n) is 4.64. The van der Waals surface area contributed by atoms with Crippen LogP contribution in [0.15, 0.2) is 34.8 Å². The van der Waals surface area contributed by atoms with Crippen molar-refractivity contribution in [3.05, 3.63) is 56.5 Å². The molecule has 5 heteroatoms. The normalized spacial score (nSPS) is 12.1. The lowest BCUT2D eigenvalue weighted by molar-refractivity contribution is 0.218. The summed E-state index contributed by atoms with van der Waals surface area (Å²) in [5, 5.41) is 11.3. The lowest BCUT2D eigenvalue weighted by atomic mass is 9.99. The van der Waals surface area contributed by atoms with E-state index in [4.69, 9.17) is 21.1 Å². The summed E-state index contributed by atoms with van der Waals surface area (Å²) in [5.74, 6) is 1.17. The van der Waals surface area contributed by atoms with Gasteiger partial charge in [0, 0.05) is 15.1 Å². The van der Waals surface area contributed by atoms with E-state index in [1.54, 1.807) is 32.4 Å². The molecule has 2 aromatic carbocycles. The maximum Gasteiger partial charge on any atom is 0.161 e. The Balaban J connectivity index is 2.47. The molecule has 2 rings (SSSR count). The highest BCUT2D eigenvalue weighted by Gasteiger charge is 2.18. The van der Waals surface area contributed by atoms with Crippen LogP contribution in [0.2, 0.25) is 5.02 Å². The number of halogens is 2. The smallest absolute Gasteiger partial charge is 0.161 e. The van der Waals surface area contributed by atoms with Gasteiger partial charge in [0.05, 0.1) is 14.2 Å². The summed E-state index contributed by atoms with van der Waals surface area (Å²) in [4.78, 5) is 0. The number of rotatable bonds is 4. The Bertz CT molecular complexity index is 658. The molecule has 3 nitrogen and oxygen atoms in total. The van der Waals surface area contributed by atoms with Crippen LogP contribution in [-0.4, -0.2) is 19.3 Å². The first kappa shape index (κ1) is 16.1. The molecule has 0 heterocycles. The first-order valence-corrected chi connectivity index (χ1v) is 7.50. The molecule has 0 aliphatic carbocycles. The molecule has 0 spiro atoms. The molecule has 0 saturated carbocycles. The number of hydrogen-bond donors (Lipinski definition) is 1. The zero-order valence-corrected chi connectivity index (χ0v) is 14.3. The Morgan fingerprint density at radius 3 is 2.29 bits per heavy atom. The third-order valence-electron chi connectivity index (χ3n) is 3.30. The minimum absolute atomic E-state index is 0.570. The van der Waals surface area contributed by atoms with Crippen molar-refractivity contribution in [2.24, 2.45) is 0 Å². The van der Waals surface area contributed by atoms with Crippen molar-refractivity contribution in [1.82, 2.24) is 0 Å². The van der Waals surface area contributed by atoms with Gasteiger partial charge in [0.15, 0.2) is 11.5 Å². The quantitative estimate of drug-likeness (QED) is 0.859. The van der Waals surface area contributed by atoms with Crippen molar-refractivity contribution in [2.45, 2.75) is 13.0 Å². The van der Waals surface area contributed by atoms with E-state index in [-0.39, 0.29) is 0 Å². The summed E-state index contributed by atoms with van der Waals surface area (Å²) in [6.45, 7) is 1.90. The van der Waals surface area contributed by atoms with E-state index in [1.807, 2.05) is 19.1 Å². The number of aliphatic hydroxyl groups excluding tert-OH is 1. The van der Waals surface area contributed by atoms with E-state index in [0.717, 1.165) is 15.6 Å². The Hall–Kier alpha value is -1.23. The van der Waals surface area contributed by atoms with Gasteiger partial charge in [-0.05, 0) is 36.2 Å². The van der Waals surface area contributed by atoms with E-state index in [9.17, 15) is 5.11 Å². The highest BCUT2D eigenvalue weighted by atomic mass is 79.9. The summed E-state index contributed by atoms with van der Waals surface area (Å²) in [7, 11) is 3.14. The van der Waals surface area contributed by atoms with Gasteiger partial charge in [-0.15, -0.1) is 0 Å². The van der Waals surface area contributed by atoms with Gasteiger partial charge >= 0.3 is 0 Å². The summed E-state index contributed by atoms with van der Waals surface area (Å²) in [6.07, 6.45) is -0.782. The highest BCUT2D eigenvalue weighted by molar-refractivity contribution is 9.10. The van der Waals surface area contributed by atoms with Crippen LogP contribution in [0, 0.1) is 6.92 Å². The van der Waals surface area contributed by atoms with Crippen LogP contribution < -0.4 is 9.47 Å². The van der Waals surface area contributed by atoms with Gasteiger partial charge in [0.1, 0.15) is 6.10 Å². The fourth-order valence-corrected chi connectivity index (χ4v) is 2.75. The number of aryl methyl sites for hydroxylation is 1. The van der Waals surface area contributed by atoms with Crippen LogP contribution in [0.3, 0.4) is 0 Å². The number of methoxy groups -OCH3 is 2. The zero-order chi connectivity index (χ0) is 15.6. The monoisotopic (exact) mass is 370 g/mol. The van der Waals surface area contributed by atoms with Crippen LogP contribution in [0.1, 0.15) is 22.8 Å². The lowest BCUT2D eigenvalue weighted by Crippen LogP contribution is -2.03. The molecule has 0 saturated heterocycles. The summed E-state index contributed by atoms with van der Waals surface area (Å²) in [5.41, 5.74) is 2.39. The van der Waals surface area contributed by atoms with Gasteiger partial charge in [-0.25, -0.2) is 0 Å². The second-order valence-corrected chi connectivity index (χ2v) is 5.90. The Kier molecular flexibility index (Phi) is 5.14. The van der Waals surface area contributed by atoms with Crippen molar-refractivity contribution in [3.63, 3.8) is 0 Å². The Morgan fingerprint density at radius 1 is 1.10 bits per heavy atom. The SMILES string of the molecule is COc1cc(Br)c(C(O)c2ccc(Cl)c(C)c2)cc1OC. The van der Waals surface area contributed by atoms with Crippen LogP contribution in [0.5, 0.6) is 11.5 Å². The van der Waals surface area contributed by atoms with Crippen LogP contribution in [0.4, 0.5) is 0 Å². The van der Waals surface area contributed by atoms with E-state index in [0.29, 0.717) is 22.1 Å². The Labute approximate surface area is 137 Å². The predicted octanol–water partition coefficient (Wildman–Crippen LogP) is 4.51. The van der Waals surface area contributed by atoms with Crippen molar-refractivity contribution in [3.8, 4) is 11.5 Å². The topological polar surface area (TPSA) is 38.7 Å². The predicted molar refractivity (Wildman–Crippen MR) is 87.5 cm³/mol. The van der Waals surface area contributed by atoms with E-state index in [2.05, 4.69) is 15.9 Å². The van der Waals surface area contributed by atoms with Crippen LogP contribution >= 0.6 is 27.5 Å². The molecule has 1 unspecified atom stereocenters. The van der Waals surface area contributed by atoms with E-state index in [1.165, 1.54) is 0 Å². The second kappa shape index (κ2) is 6.69. The minimum atomic E-state index is -0.782. The molecule has 0 bridgehead atoms. The third-order valence-corrected chi connectivity index (χ3v) is 4.41. The molecule has 1 N–H and O–H groups in total. The maximum atomic E-state index is 10.6. The largest absolute Gasteiger partial charge is 0.493 e. The maximum absolute atomic E-state index is 10.6. The number of ether oxygens (including phenoxy) is 2. The zero-order valence-electron chi connectivity index (χ0n) is 12.0. The van der Waals surface area contributed by atoms with Crippen molar-refractivity contribution in [1.29, 1.82) is 0 Å². The van der Waals surface area contributed by atoms with Gasteiger partial charge in [-0.3, -0.25) is 0 Å². The molecule has 0 aromatic heterocycles. The average Bonchev–Trinajstić information content (AvgIpc) is 2.49. The molecule has 1 atom stereocenters. The summed E-state index contributed by atoms with van der Waals surface area (Å²) >= 11 is 9.48. The summed E-state index contributed by atoms with van der Waals surface area (Å²) < 4.78 is 11.3. The number of aliphatic hydroxyl groups is 1. The summed E-state index contributed by atoms with van der Waals surface area (Å²) in [6, 6.07) is 9.00. The first-order valence-electron chi connectivity index (χ1n) is 6.33. The minimum Gasteiger partial charge on any atom is -0.493 e. The van der Waals surface area contributed by atoms with Gasteiger partial charge in [0.25, 0.3) is 0 Å². The fraction of sp³-hybridized carbons (Fsp3) is 0.250. The highest BCUT2D eigenvalue weighted by Crippen LogP contribution is 2.38. The first-order chi connectivity index (χ1) is 9.97. The molecule has 0 amide bonds. The van der Waals surface area contributed by atoms with Crippen LogP contribution in [-0.2, 0) is 0 Å². The average molecular weight is 372 g/mol. The van der Waals surface area contributed by atoms with E-state index >= 15 is 0 Å². The molecule has 21 heavy (non-hydrogen) atoms. The molecular weight excluding hydrogens is 356 g/mol. The molecule has 0 aliphatic heterocycles. The molecule has 0 radical (unpaired) electrons. The van der Waals surface area contributed by atoms with Crippen LogP contribution in [0.25, 0.3) is 0 Å². The molecule has 112 valence electrons. The number of benzene rings is 2. The van der Waals surface area contributed by atoms with Gasteiger partial charge < -0.3 is 14.6 Å². The van der Waals surface area contributed by atoms with Crippen molar-refractivity contribution < 1.29 is 14.6 Å². The standard InChI is InChI=1S/C16H16BrClO3/c1-9-6-10(4-5-13(9)18)16(19)11-7-14(20-2)15(21-3)8-12(11)17/h4-8,16,19H,1-3H3. The fourth-order valence-electron chi connectivity index (χ4n) is 2.10. The number of hydrogen-bond acceptors (Lipinski definition) is 3. The molecule has 2 aromatic rings. The van der Waals surface area contributed by atoms with Gasteiger partial charge in [-0.2, -0.15) is 0 Å². The molecular formula is C16H16BrClO3. The van der Waals surface area contributed by atoms with Crippen molar-refractivity contribution >= 4 is 27.5 Å². The van der Waals surface area contributed by atoms with Gasteiger partial charge in [-0.1, -0.05) is 39.7 Å². The lowest BCUT2D eigenvalue weighted by Gasteiger charge is -2.17. The molecule has 0 fully saturated rings. The van der Waals surface area contributed by atoms with E-state index < -0.39 is 6.10 Å². The Morgan fingerprint density at radius 2 is 1.71 bits per heavy atom. The third kappa shape index (κ3) is 3.34. The van der Waals surface area contributed by atoms with Crippen molar-refractivity contribution in [2.75, 3.05) is 14.2 Å².